The van der Waals surface area contributed by atoms with Gasteiger partial charge >= 0.3 is 0 Å². The lowest BCUT2D eigenvalue weighted by Crippen LogP contribution is -2.58. The molecule has 6 heteroatoms. The predicted octanol–water partition coefficient (Wildman–Crippen LogP) is 2.87. The molecule has 1 N–H and O–H groups in total. The molecule has 0 radical (unpaired) electrons. The maximum atomic E-state index is 14.0. The molecule has 0 unspecified atom stereocenters. The number of fused-ring (bicyclic) bond motifs is 1. The molecule has 3 rings (SSSR count). The van der Waals surface area contributed by atoms with Crippen LogP contribution in [0.15, 0.2) is 18.2 Å². The summed E-state index contributed by atoms with van der Waals surface area (Å²) in [6.45, 7) is 9.60. The molecular weight excluding hydrogens is 333 g/mol. The number of benzene rings is 1. The molecule has 5 nitrogen and oxygen atoms in total. The summed E-state index contributed by atoms with van der Waals surface area (Å²) in [5.41, 5.74) is 2.02. The summed E-state index contributed by atoms with van der Waals surface area (Å²) in [4.78, 5) is 32.0. The first-order valence-corrected chi connectivity index (χ1v) is 9.13. The third-order valence-electron chi connectivity index (χ3n) is 5.09. The average Bonchev–Trinajstić information content (AvgIpc) is 2.89. The molecule has 2 heterocycles. The minimum atomic E-state index is -0.461. The average molecular weight is 359 g/mol. The summed E-state index contributed by atoms with van der Waals surface area (Å²) < 4.78 is 14.0. The second-order valence-corrected chi connectivity index (χ2v) is 7.51. The number of amides is 2. The van der Waals surface area contributed by atoms with Crippen molar-refractivity contribution in [3.63, 3.8) is 0 Å². The highest BCUT2D eigenvalue weighted by molar-refractivity contribution is 5.93. The van der Waals surface area contributed by atoms with E-state index in [9.17, 15) is 14.0 Å². The maximum Gasteiger partial charge on any atom is 0.245 e. The van der Waals surface area contributed by atoms with Crippen molar-refractivity contribution in [2.24, 2.45) is 5.92 Å². The van der Waals surface area contributed by atoms with E-state index in [1.54, 1.807) is 17.9 Å². The number of hydrogen-bond acceptors (Lipinski definition) is 2. The van der Waals surface area contributed by atoms with Crippen LogP contribution in [0.25, 0.3) is 10.9 Å². The van der Waals surface area contributed by atoms with Crippen LogP contribution in [0.3, 0.4) is 0 Å². The quantitative estimate of drug-likeness (QED) is 0.913. The van der Waals surface area contributed by atoms with E-state index in [1.165, 1.54) is 6.07 Å². The fourth-order valence-corrected chi connectivity index (χ4v) is 3.74. The maximum absolute atomic E-state index is 14.0. The van der Waals surface area contributed by atoms with Gasteiger partial charge in [-0.25, -0.2) is 4.39 Å². The van der Waals surface area contributed by atoms with Crippen molar-refractivity contribution in [3.8, 4) is 0 Å². The molecule has 2 amide bonds. The number of para-hydroxylation sites is 1. The van der Waals surface area contributed by atoms with Gasteiger partial charge in [-0.15, -0.1) is 0 Å². The van der Waals surface area contributed by atoms with E-state index < -0.39 is 6.04 Å². The van der Waals surface area contributed by atoms with Crippen LogP contribution in [-0.2, 0) is 16.0 Å². The van der Waals surface area contributed by atoms with Gasteiger partial charge in [-0.1, -0.05) is 26.0 Å². The Kier molecular flexibility index (Phi) is 5.03. The first kappa shape index (κ1) is 18.4. The second-order valence-electron chi connectivity index (χ2n) is 7.51. The van der Waals surface area contributed by atoms with E-state index in [4.69, 9.17) is 0 Å². The molecule has 1 saturated heterocycles. The lowest BCUT2D eigenvalue weighted by Gasteiger charge is -2.40. The Labute approximate surface area is 153 Å². The number of aryl methyl sites for hydroxylation is 1. The Balaban J connectivity index is 1.78. The van der Waals surface area contributed by atoms with E-state index in [0.29, 0.717) is 31.1 Å². The largest absolute Gasteiger partial charge is 0.356 e. The van der Waals surface area contributed by atoms with E-state index >= 15 is 0 Å². The Morgan fingerprint density at radius 3 is 2.77 bits per heavy atom. The van der Waals surface area contributed by atoms with Crippen LogP contribution in [0.2, 0.25) is 0 Å². The normalized spacial score (nSPS) is 18.2. The zero-order valence-corrected chi connectivity index (χ0v) is 15.8. The molecule has 0 bridgehead atoms. The van der Waals surface area contributed by atoms with Crippen LogP contribution < -0.4 is 0 Å². The van der Waals surface area contributed by atoms with Crippen LogP contribution >= 0.6 is 0 Å². The lowest BCUT2D eigenvalue weighted by atomic mass is 10.0. The highest BCUT2D eigenvalue weighted by Crippen LogP contribution is 2.26. The van der Waals surface area contributed by atoms with Gasteiger partial charge in [0.05, 0.1) is 11.9 Å². The number of piperazine rings is 1. The molecule has 1 aromatic heterocycles. The SMILES string of the molecule is Cc1[nH]c2c(F)cccc2c1CC(=O)N1CCN(CC(C)C)C(=O)[C@@H]1C. The molecule has 1 atom stereocenters. The molecular formula is C20H26FN3O2. The van der Waals surface area contributed by atoms with Gasteiger partial charge < -0.3 is 14.8 Å². The minimum absolute atomic E-state index is 0.00000643. The molecule has 140 valence electrons. The number of carbonyl (C=O) groups is 2. The van der Waals surface area contributed by atoms with Gasteiger partial charge in [-0.05, 0) is 31.4 Å². The Morgan fingerprint density at radius 2 is 2.08 bits per heavy atom. The first-order valence-electron chi connectivity index (χ1n) is 9.13. The van der Waals surface area contributed by atoms with Crippen LogP contribution in [0.5, 0.6) is 0 Å². The van der Waals surface area contributed by atoms with Crippen molar-refractivity contribution in [1.29, 1.82) is 0 Å². The van der Waals surface area contributed by atoms with Gasteiger partial charge in [0.15, 0.2) is 0 Å². The van der Waals surface area contributed by atoms with Gasteiger partial charge in [-0.3, -0.25) is 9.59 Å². The first-order chi connectivity index (χ1) is 12.3. The Bertz CT molecular complexity index is 843. The summed E-state index contributed by atoms with van der Waals surface area (Å²) in [6.07, 6.45) is 0.164. The predicted molar refractivity (Wildman–Crippen MR) is 99.3 cm³/mol. The zero-order chi connectivity index (χ0) is 19.0. The van der Waals surface area contributed by atoms with E-state index in [0.717, 1.165) is 16.6 Å². The van der Waals surface area contributed by atoms with Crippen molar-refractivity contribution in [1.82, 2.24) is 14.8 Å². The third-order valence-corrected chi connectivity index (χ3v) is 5.09. The van der Waals surface area contributed by atoms with Crippen molar-refractivity contribution in [2.75, 3.05) is 19.6 Å². The Hall–Kier alpha value is -2.37. The van der Waals surface area contributed by atoms with Gasteiger partial charge in [0, 0.05) is 30.7 Å². The highest BCUT2D eigenvalue weighted by atomic mass is 19.1. The van der Waals surface area contributed by atoms with Gasteiger partial charge in [0.2, 0.25) is 11.8 Å². The summed E-state index contributed by atoms with van der Waals surface area (Å²) in [7, 11) is 0. The third kappa shape index (κ3) is 3.32. The van der Waals surface area contributed by atoms with Crippen LogP contribution in [-0.4, -0.2) is 52.3 Å². The smallest absolute Gasteiger partial charge is 0.245 e. The van der Waals surface area contributed by atoms with Gasteiger partial charge in [0.1, 0.15) is 11.9 Å². The molecule has 26 heavy (non-hydrogen) atoms. The number of carbonyl (C=O) groups excluding carboxylic acids is 2. The van der Waals surface area contributed by atoms with E-state index in [2.05, 4.69) is 18.8 Å². The number of rotatable bonds is 4. The number of halogens is 1. The molecule has 1 aliphatic heterocycles. The number of aromatic amines is 1. The van der Waals surface area contributed by atoms with Crippen molar-refractivity contribution >= 4 is 22.7 Å². The standard InChI is InChI=1S/C20H26FN3O2/c1-12(2)11-23-8-9-24(14(4)20(23)26)18(25)10-16-13(3)22-19-15(16)6-5-7-17(19)21/h5-7,12,14,22H,8-11H2,1-4H3/t14-/m0/s1. The lowest BCUT2D eigenvalue weighted by molar-refractivity contribution is -0.150. The van der Waals surface area contributed by atoms with Gasteiger partial charge in [0.25, 0.3) is 0 Å². The van der Waals surface area contributed by atoms with Crippen molar-refractivity contribution in [3.05, 3.63) is 35.3 Å². The summed E-state index contributed by atoms with van der Waals surface area (Å²) in [5, 5.41) is 0.730. The van der Waals surface area contributed by atoms with Crippen LogP contribution in [0.1, 0.15) is 32.0 Å². The van der Waals surface area contributed by atoms with Crippen molar-refractivity contribution < 1.29 is 14.0 Å². The minimum Gasteiger partial charge on any atom is -0.356 e. The number of nitrogens with one attached hydrogen (secondary N) is 1. The fourth-order valence-electron chi connectivity index (χ4n) is 3.74. The highest BCUT2D eigenvalue weighted by Gasteiger charge is 2.34. The van der Waals surface area contributed by atoms with Crippen LogP contribution in [0, 0.1) is 18.7 Å². The second kappa shape index (κ2) is 7.09. The molecule has 0 aliphatic carbocycles. The van der Waals surface area contributed by atoms with Gasteiger partial charge in [-0.2, -0.15) is 0 Å². The van der Waals surface area contributed by atoms with E-state index in [1.807, 2.05) is 17.9 Å². The molecule has 2 aromatic rings. The molecule has 0 spiro atoms. The molecule has 1 aliphatic rings. The summed E-state index contributed by atoms with van der Waals surface area (Å²) >= 11 is 0. The number of nitrogens with zero attached hydrogens (tertiary/aromatic N) is 2. The Morgan fingerprint density at radius 1 is 1.35 bits per heavy atom. The topological polar surface area (TPSA) is 56.4 Å². The monoisotopic (exact) mass is 359 g/mol. The molecule has 1 fully saturated rings. The van der Waals surface area contributed by atoms with Crippen LogP contribution in [0.4, 0.5) is 4.39 Å². The zero-order valence-electron chi connectivity index (χ0n) is 15.8. The number of hydrogen-bond donors (Lipinski definition) is 1. The fraction of sp³-hybridized carbons (Fsp3) is 0.500. The number of aromatic nitrogens is 1. The summed E-state index contributed by atoms with van der Waals surface area (Å²) in [6, 6.07) is 4.41. The molecule has 1 aromatic carbocycles. The van der Waals surface area contributed by atoms with Crippen molar-refractivity contribution in [2.45, 2.75) is 40.2 Å². The summed E-state index contributed by atoms with van der Waals surface area (Å²) in [5.74, 6) is -0.0180. The van der Waals surface area contributed by atoms with E-state index in [-0.39, 0.29) is 24.1 Å². The number of H-pyrrole nitrogens is 1. The molecule has 0 saturated carbocycles.